The van der Waals surface area contributed by atoms with Gasteiger partial charge in [0.25, 0.3) is 0 Å². The van der Waals surface area contributed by atoms with E-state index in [-0.39, 0.29) is 0 Å². The van der Waals surface area contributed by atoms with Gasteiger partial charge in [0.1, 0.15) is 5.75 Å². The quantitative estimate of drug-likeness (QED) is 0.719. The molecule has 0 unspecified atom stereocenters. The van der Waals surface area contributed by atoms with Crippen molar-refractivity contribution in [3.8, 4) is 5.75 Å². The summed E-state index contributed by atoms with van der Waals surface area (Å²) < 4.78 is 5.07. The van der Waals surface area contributed by atoms with Crippen LogP contribution in [0.3, 0.4) is 0 Å². The van der Waals surface area contributed by atoms with Crippen LogP contribution in [0.25, 0.3) is 10.9 Å². The number of rotatable bonds is 1. The predicted molar refractivity (Wildman–Crippen MR) is 49.9 cm³/mol. The van der Waals surface area contributed by atoms with Crippen LogP contribution in [0.4, 0.5) is 0 Å². The fourth-order valence-electron chi connectivity index (χ4n) is 1.20. The third-order valence-electron chi connectivity index (χ3n) is 1.84. The van der Waals surface area contributed by atoms with Crippen molar-refractivity contribution in [1.29, 1.82) is 0 Å². The van der Waals surface area contributed by atoms with Crippen molar-refractivity contribution >= 4 is 22.5 Å². The maximum Gasteiger partial charge on any atom is 0.120 e. The number of halogens is 1. The average Bonchev–Trinajstić information content (AvgIpc) is 2.47. The second-order valence-corrected chi connectivity index (χ2v) is 2.96. The molecule has 0 saturated heterocycles. The number of benzene rings is 1. The monoisotopic (exact) mass is 181 g/mol. The van der Waals surface area contributed by atoms with E-state index in [4.69, 9.17) is 16.3 Å². The Bertz CT molecular complexity index is 408. The number of methoxy groups -OCH3 is 1. The van der Waals surface area contributed by atoms with Gasteiger partial charge >= 0.3 is 0 Å². The average molecular weight is 182 g/mol. The normalized spacial score (nSPS) is 10.5. The lowest BCUT2D eigenvalue weighted by Gasteiger charge is -1.97. The van der Waals surface area contributed by atoms with Gasteiger partial charge in [-0.15, -0.1) is 0 Å². The molecule has 12 heavy (non-hydrogen) atoms. The highest BCUT2D eigenvalue weighted by Crippen LogP contribution is 2.25. The predicted octanol–water partition coefficient (Wildman–Crippen LogP) is 2.83. The van der Waals surface area contributed by atoms with Crippen LogP contribution in [-0.2, 0) is 0 Å². The van der Waals surface area contributed by atoms with Gasteiger partial charge in [0.15, 0.2) is 0 Å². The Kier molecular flexibility index (Phi) is 1.70. The molecule has 1 heterocycles. The third-order valence-corrected chi connectivity index (χ3v) is 2.15. The summed E-state index contributed by atoms with van der Waals surface area (Å²) in [5.74, 6) is 0.834. The molecular weight excluding hydrogens is 174 g/mol. The molecule has 0 amide bonds. The van der Waals surface area contributed by atoms with Crippen LogP contribution in [0.15, 0.2) is 24.4 Å². The van der Waals surface area contributed by atoms with Gasteiger partial charge in [0, 0.05) is 17.6 Å². The summed E-state index contributed by atoms with van der Waals surface area (Å²) in [6.07, 6.45) is 1.77. The zero-order chi connectivity index (χ0) is 8.55. The van der Waals surface area contributed by atoms with Gasteiger partial charge in [-0.25, -0.2) is 0 Å². The molecule has 62 valence electrons. The highest BCUT2D eigenvalue weighted by molar-refractivity contribution is 6.35. The molecule has 1 N–H and O–H groups in total. The topological polar surface area (TPSA) is 25.0 Å². The Labute approximate surface area is 75.1 Å². The number of hydrogen-bond donors (Lipinski definition) is 1. The molecular formula is C9H8ClNO. The summed E-state index contributed by atoms with van der Waals surface area (Å²) in [5, 5.41) is 1.77. The lowest BCUT2D eigenvalue weighted by atomic mass is 10.2. The van der Waals surface area contributed by atoms with E-state index in [0.717, 1.165) is 21.7 Å². The Hall–Kier alpha value is -1.15. The highest BCUT2D eigenvalue weighted by Gasteiger charge is 2.01. The first kappa shape index (κ1) is 7.50. The van der Waals surface area contributed by atoms with E-state index in [1.165, 1.54) is 0 Å². The molecule has 0 aliphatic rings. The standard InChI is InChI=1S/C9H8ClNO/c1-12-6-2-3-7-8(10)5-11-9(7)4-6/h2-5,11H,1H3. The summed E-state index contributed by atoms with van der Waals surface area (Å²) in [4.78, 5) is 3.05. The van der Waals surface area contributed by atoms with Crippen LogP contribution in [0.2, 0.25) is 5.02 Å². The van der Waals surface area contributed by atoms with E-state index in [2.05, 4.69) is 4.98 Å². The Morgan fingerprint density at radius 3 is 3.00 bits per heavy atom. The summed E-state index contributed by atoms with van der Waals surface area (Å²) in [6.45, 7) is 0. The first-order chi connectivity index (χ1) is 5.81. The molecule has 2 nitrogen and oxygen atoms in total. The molecule has 1 aromatic heterocycles. The molecule has 0 spiro atoms. The molecule has 0 fully saturated rings. The number of aromatic nitrogens is 1. The maximum absolute atomic E-state index is 5.90. The minimum atomic E-state index is 0.743. The van der Waals surface area contributed by atoms with Crippen molar-refractivity contribution in [2.24, 2.45) is 0 Å². The summed E-state index contributed by atoms with van der Waals surface area (Å²) in [5.41, 5.74) is 0.999. The fraction of sp³-hybridized carbons (Fsp3) is 0.111. The third kappa shape index (κ3) is 1.04. The first-order valence-corrected chi connectivity index (χ1v) is 3.99. The van der Waals surface area contributed by atoms with Gasteiger partial charge < -0.3 is 9.72 Å². The molecule has 0 aliphatic heterocycles. The van der Waals surface area contributed by atoms with E-state index in [0.29, 0.717) is 0 Å². The Balaban J connectivity index is 2.69. The second-order valence-electron chi connectivity index (χ2n) is 2.55. The van der Waals surface area contributed by atoms with E-state index < -0.39 is 0 Å². The number of H-pyrrole nitrogens is 1. The van der Waals surface area contributed by atoms with Gasteiger partial charge in [-0.05, 0) is 12.1 Å². The molecule has 1 aromatic carbocycles. The van der Waals surface area contributed by atoms with Gasteiger partial charge in [-0.2, -0.15) is 0 Å². The fourth-order valence-corrected chi connectivity index (χ4v) is 1.42. The molecule has 2 aromatic rings. The van der Waals surface area contributed by atoms with Gasteiger partial charge in [-0.3, -0.25) is 0 Å². The van der Waals surface area contributed by atoms with E-state index in [1.807, 2.05) is 18.2 Å². The number of fused-ring (bicyclic) bond motifs is 1. The van der Waals surface area contributed by atoms with Crippen LogP contribution in [0, 0.1) is 0 Å². The molecule has 3 heteroatoms. The number of ether oxygens (including phenoxy) is 1. The largest absolute Gasteiger partial charge is 0.497 e. The van der Waals surface area contributed by atoms with Crippen LogP contribution >= 0.6 is 11.6 Å². The van der Waals surface area contributed by atoms with E-state index in [1.54, 1.807) is 13.3 Å². The summed E-state index contributed by atoms with van der Waals surface area (Å²) in [6, 6.07) is 5.75. The zero-order valence-electron chi connectivity index (χ0n) is 6.60. The molecule has 0 atom stereocenters. The van der Waals surface area contributed by atoms with Crippen LogP contribution in [0.5, 0.6) is 5.75 Å². The Morgan fingerprint density at radius 1 is 1.42 bits per heavy atom. The van der Waals surface area contributed by atoms with Crippen LogP contribution < -0.4 is 4.74 Å². The molecule has 0 radical (unpaired) electrons. The zero-order valence-corrected chi connectivity index (χ0v) is 7.35. The smallest absolute Gasteiger partial charge is 0.120 e. The Morgan fingerprint density at radius 2 is 2.25 bits per heavy atom. The molecule has 0 aliphatic carbocycles. The molecule has 0 saturated carbocycles. The van der Waals surface area contributed by atoms with Crippen molar-refractivity contribution in [3.05, 3.63) is 29.4 Å². The second kappa shape index (κ2) is 2.72. The molecule has 2 rings (SSSR count). The van der Waals surface area contributed by atoms with E-state index >= 15 is 0 Å². The summed E-state index contributed by atoms with van der Waals surface area (Å²) in [7, 11) is 1.64. The maximum atomic E-state index is 5.90. The minimum Gasteiger partial charge on any atom is -0.497 e. The van der Waals surface area contributed by atoms with Crippen LogP contribution in [-0.4, -0.2) is 12.1 Å². The van der Waals surface area contributed by atoms with E-state index in [9.17, 15) is 0 Å². The van der Waals surface area contributed by atoms with Crippen molar-refractivity contribution in [2.45, 2.75) is 0 Å². The molecule has 0 bridgehead atoms. The van der Waals surface area contributed by atoms with Crippen molar-refractivity contribution in [1.82, 2.24) is 4.98 Å². The number of aromatic amines is 1. The van der Waals surface area contributed by atoms with Crippen molar-refractivity contribution in [3.63, 3.8) is 0 Å². The van der Waals surface area contributed by atoms with Gasteiger partial charge in [-0.1, -0.05) is 11.6 Å². The van der Waals surface area contributed by atoms with Crippen molar-refractivity contribution < 1.29 is 4.74 Å². The SMILES string of the molecule is COc1ccc2c(Cl)c[nH]c2c1. The number of hydrogen-bond acceptors (Lipinski definition) is 1. The summed E-state index contributed by atoms with van der Waals surface area (Å²) >= 11 is 5.90. The van der Waals surface area contributed by atoms with Crippen LogP contribution in [0.1, 0.15) is 0 Å². The van der Waals surface area contributed by atoms with Gasteiger partial charge in [0.2, 0.25) is 0 Å². The first-order valence-electron chi connectivity index (χ1n) is 3.62. The number of nitrogens with one attached hydrogen (secondary N) is 1. The van der Waals surface area contributed by atoms with Crippen molar-refractivity contribution in [2.75, 3.05) is 7.11 Å². The van der Waals surface area contributed by atoms with Gasteiger partial charge in [0.05, 0.1) is 17.6 Å². The highest BCUT2D eigenvalue weighted by atomic mass is 35.5. The lowest BCUT2D eigenvalue weighted by molar-refractivity contribution is 0.415. The minimum absolute atomic E-state index is 0.743. The lowest BCUT2D eigenvalue weighted by Crippen LogP contribution is -1.80.